The lowest BCUT2D eigenvalue weighted by Crippen LogP contribution is -2.48. The van der Waals surface area contributed by atoms with Crippen LogP contribution in [0.25, 0.3) is 69.2 Å². The molecule has 6 heterocycles. The fourth-order valence-electron chi connectivity index (χ4n) is 12.7. The van der Waals surface area contributed by atoms with Gasteiger partial charge in [-0.1, -0.05) is 182 Å². The summed E-state index contributed by atoms with van der Waals surface area (Å²) in [5.74, 6) is -1.10. The number of nitrogens with one attached hydrogen (secondary N) is 4. The average Bonchev–Trinajstić information content (AvgIpc) is 1.63. The molecule has 6 aromatic carbocycles. The van der Waals surface area contributed by atoms with E-state index in [-0.39, 0.29) is 29.5 Å². The van der Waals surface area contributed by atoms with Gasteiger partial charge in [-0.3, -0.25) is 38.9 Å². The molecule has 0 aliphatic carbocycles. The van der Waals surface area contributed by atoms with Gasteiger partial charge in [0.15, 0.2) is 0 Å². The Morgan fingerprint density at radius 2 is 0.790 bits per heavy atom. The Balaban J connectivity index is 0.000000188. The van der Waals surface area contributed by atoms with Crippen molar-refractivity contribution < 1.29 is 43.0 Å². The minimum absolute atomic E-state index is 0.00310. The maximum absolute atomic E-state index is 14.0. The van der Waals surface area contributed by atoms with Crippen LogP contribution in [0.15, 0.2) is 230 Å². The minimum atomic E-state index is -0.888. The number of carbonyl (C=O) groups excluding carboxylic acids is 7. The van der Waals surface area contributed by atoms with E-state index < -0.39 is 29.7 Å². The van der Waals surface area contributed by atoms with Gasteiger partial charge in [0.1, 0.15) is 11.6 Å². The zero-order valence-electron chi connectivity index (χ0n) is 69.0. The Kier molecular flexibility index (Phi) is 33.8. The second-order valence-corrected chi connectivity index (χ2v) is 32.6. The lowest BCUT2D eigenvalue weighted by atomic mass is 10.0. The first-order chi connectivity index (χ1) is 57.7. The number of benzene rings is 6. The van der Waals surface area contributed by atoms with E-state index in [0.717, 1.165) is 106 Å². The van der Waals surface area contributed by atoms with Gasteiger partial charge in [-0.05, 0) is 203 Å². The molecule has 6 aromatic heterocycles. The summed E-state index contributed by atoms with van der Waals surface area (Å²) in [4.78, 5) is 108. The molecule has 0 saturated heterocycles. The lowest BCUT2D eigenvalue weighted by molar-refractivity contribution is 0.0462. The number of hydrogen-bond donors (Lipinski definition) is 4. The number of ether oxygens (including phenoxy) is 2. The Morgan fingerprint density at radius 1 is 0.429 bits per heavy atom. The monoisotopic (exact) mass is 1650 g/mol. The molecular weight excluding hydrogens is 1550 g/mol. The summed E-state index contributed by atoms with van der Waals surface area (Å²) in [6.45, 7) is 13.7. The molecule has 25 heteroatoms. The van der Waals surface area contributed by atoms with Gasteiger partial charge in [-0.25, -0.2) is 9.59 Å². The number of hydrogen-bond acceptors (Lipinski definition) is 18. The SMILES string of the molecule is CCCCCCCCCCCC(=O)n1nc(/C=C/c2ccccn2)c2ccc(Sc3ccccc3C(=O)NC)cc21.CCCCCOC(=O)n1nc(/C=C/c2ccccn2)c2ccc(Sc3ccccc3C(=O)NC)cc21.CNC(=O)c1ccccc1Sc1ccc2c(/C=C/c3ccccn3)nn(C(=O)[C@@H](NC(=O)OC(C)(C)C)C(C)C)c2c1. The molecule has 0 saturated carbocycles. The lowest BCUT2D eigenvalue weighted by Gasteiger charge is -2.25. The summed E-state index contributed by atoms with van der Waals surface area (Å²) in [7, 11) is 4.84. The summed E-state index contributed by atoms with van der Waals surface area (Å²) in [6, 6.07) is 56.0. The smallest absolute Gasteiger partial charge is 0.435 e. The van der Waals surface area contributed by atoms with Gasteiger partial charge in [0.05, 0.1) is 74.0 Å². The number of nitrogens with zero attached hydrogens (tertiary/aromatic N) is 9. The van der Waals surface area contributed by atoms with Crippen LogP contribution in [0.3, 0.4) is 0 Å². The highest BCUT2D eigenvalue weighted by molar-refractivity contribution is 8.00. The number of carbonyl (C=O) groups is 7. The van der Waals surface area contributed by atoms with Crippen molar-refractivity contribution in [1.82, 2.24) is 65.6 Å². The highest BCUT2D eigenvalue weighted by Crippen LogP contribution is 2.38. The van der Waals surface area contributed by atoms with Gasteiger partial charge in [0, 0.05) is 91.7 Å². The molecule has 22 nitrogen and oxygen atoms in total. The normalized spacial score (nSPS) is 11.7. The van der Waals surface area contributed by atoms with E-state index in [4.69, 9.17) is 14.6 Å². The molecular formula is C94H103N13O9S3. The van der Waals surface area contributed by atoms with Crippen LogP contribution in [0.1, 0.15) is 207 Å². The second-order valence-electron chi connectivity index (χ2n) is 29.2. The number of alkyl carbamates (subject to hydrolysis) is 1. The van der Waals surface area contributed by atoms with E-state index >= 15 is 0 Å². The third-order valence-electron chi connectivity index (χ3n) is 18.8. The molecule has 0 fully saturated rings. The molecule has 12 rings (SSSR count). The Hall–Kier alpha value is -12.1. The molecule has 4 N–H and O–H groups in total. The van der Waals surface area contributed by atoms with E-state index in [1.54, 1.807) is 77.3 Å². The molecule has 0 aliphatic heterocycles. The third-order valence-corrected chi connectivity index (χ3v) is 22.0. The fourth-order valence-corrected chi connectivity index (χ4v) is 15.6. The number of pyridine rings is 3. The summed E-state index contributed by atoms with van der Waals surface area (Å²) in [5.41, 5.74) is 7.34. The van der Waals surface area contributed by atoms with Gasteiger partial charge in [-0.15, -0.1) is 0 Å². The van der Waals surface area contributed by atoms with E-state index in [9.17, 15) is 33.6 Å². The molecule has 12 aromatic rings. The molecule has 0 aliphatic rings. The van der Waals surface area contributed by atoms with Crippen molar-refractivity contribution in [2.24, 2.45) is 5.92 Å². The van der Waals surface area contributed by atoms with Crippen LogP contribution in [0.4, 0.5) is 9.59 Å². The summed E-state index contributed by atoms with van der Waals surface area (Å²) >= 11 is 4.37. The van der Waals surface area contributed by atoms with Crippen LogP contribution >= 0.6 is 35.3 Å². The number of aromatic nitrogens is 9. The van der Waals surface area contributed by atoms with Crippen molar-refractivity contribution in [3.63, 3.8) is 0 Å². The summed E-state index contributed by atoms with van der Waals surface area (Å²) < 4.78 is 15.1. The molecule has 119 heavy (non-hydrogen) atoms. The van der Waals surface area contributed by atoms with Crippen LogP contribution in [0, 0.1) is 5.92 Å². The maximum Gasteiger partial charge on any atom is 0.435 e. The van der Waals surface area contributed by atoms with Crippen molar-refractivity contribution >= 4 is 146 Å². The quantitative estimate of drug-likeness (QED) is 0.0285. The largest absolute Gasteiger partial charge is 0.448 e. The first-order valence-corrected chi connectivity index (χ1v) is 42.7. The van der Waals surface area contributed by atoms with E-state index in [1.807, 2.05) is 220 Å². The number of unbranched alkanes of at least 4 members (excludes halogenated alkanes) is 10. The van der Waals surface area contributed by atoms with Crippen LogP contribution < -0.4 is 21.3 Å². The predicted octanol–water partition coefficient (Wildman–Crippen LogP) is 21.3. The second kappa shape index (κ2) is 45.0. The van der Waals surface area contributed by atoms with E-state index in [1.165, 1.54) is 89.6 Å². The first-order valence-electron chi connectivity index (χ1n) is 40.2. The Bertz CT molecular complexity index is 5540. The van der Waals surface area contributed by atoms with Crippen molar-refractivity contribution in [3.8, 4) is 0 Å². The van der Waals surface area contributed by atoms with E-state index in [0.29, 0.717) is 52.1 Å². The van der Waals surface area contributed by atoms with Crippen molar-refractivity contribution in [2.45, 2.75) is 173 Å². The molecule has 1 atom stereocenters. The fraction of sp³-hybridized carbons (Fsp3) is 0.287. The molecule has 0 spiro atoms. The van der Waals surface area contributed by atoms with Gasteiger partial charge in [-0.2, -0.15) is 29.3 Å². The van der Waals surface area contributed by atoms with Crippen LogP contribution in [0.2, 0.25) is 0 Å². The van der Waals surface area contributed by atoms with Crippen molar-refractivity contribution in [3.05, 3.63) is 251 Å². The molecule has 616 valence electrons. The Morgan fingerprint density at radius 3 is 1.18 bits per heavy atom. The number of rotatable bonds is 32. The zero-order chi connectivity index (χ0) is 84.6. The maximum atomic E-state index is 14.0. The zero-order valence-corrected chi connectivity index (χ0v) is 71.4. The minimum Gasteiger partial charge on any atom is -0.448 e. The van der Waals surface area contributed by atoms with Gasteiger partial charge < -0.3 is 30.7 Å². The number of fused-ring (bicyclic) bond motifs is 3. The van der Waals surface area contributed by atoms with Gasteiger partial charge in [0.25, 0.3) is 23.6 Å². The highest BCUT2D eigenvalue weighted by atomic mass is 32.2. The van der Waals surface area contributed by atoms with Gasteiger partial charge in [0.2, 0.25) is 5.91 Å². The third kappa shape index (κ3) is 25.7. The topological polar surface area (TPSA) is 278 Å². The van der Waals surface area contributed by atoms with Crippen molar-refractivity contribution in [2.75, 3.05) is 27.7 Å². The Labute approximate surface area is 708 Å². The average molecular weight is 1660 g/mol. The first kappa shape index (κ1) is 89.3. The van der Waals surface area contributed by atoms with E-state index in [2.05, 4.69) is 60.3 Å². The van der Waals surface area contributed by atoms with Crippen LogP contribution in [-0.4, -0.2) is 125 Å². The summed E-state index contributed by atoms with van der Waals surface area (Å²) in [6.07, 6.45) is 29.4. The highest BCUT2D eigenvalue weighted by Gasteiger charge is 2.31. The predicted molar refractivity (Wildman–Crippen MR) is 478 cm³/mol. The van der Waals surface area contributed by atoms with Crippen LogP contribution in [-0.2, 0) is 9.47 Å². The van der Waals surface area contributed by atoms with Crippen molar-refractivity contribution in [1.29, 1.82) is 0 Å². The number of amides is 4. The summed E-state index contributed by atoms with van der Waals surface area (Å²) in [5, 5.41) is 27.3. The molecule has 0 unspecified atom stereocenters. The van der Waals surface area contributed by atoms with Crippen LogP contribution in [0.5, 0.6) is 0 Å². The molecule has 0 bridgehead atoms. The molecule has 4 amide bonds. The van der Waals surface area contributed by atoms with Gasteiger partial charge >= 0.3 is 12.2 Å². The molecule has 0 radical (unpaired) electrons. The standard InChI is InChI=1S/C34H40N4O2S.C32H35N5O4S.C28H28N4O3S/c1-3-4-5-6-7-8-9-10-11-19-33(39)38-31-25-27(41-32-18-13-12-17-29(32)34(40)35-2)21-22-28(31)30(37-38)23-20-26-16-14-15-24-36-26;1-20(2)28(35-31(40)41-32(3,4)5)30(39)37-26-19-22(42-27-13-8-7-12-24(27)29(38)33-6)15-16-23(26)25(36-37)17-14-21-11-9-10-18-34-21;1-3-4-9-18-35-28(34)32-25-19-21(36-26-12-6-5-11-23(26)27(33)29-2)14-15-22(25)24(31-32)16-13-20-10-7-8-17-30-20/h12-18,20-25H,3-11,19H2,1-2H3,(H,35,40);7-20,28H,1-6H3,(H,33,38)(H,35,40);5-8,10-17,19H,3-4,9,18H2,1-2H3,(H,29,33)/b23-20+;17-14+;16-13+/t;28-;/m.0./s1.